The minimum Gasteiger partial charge on any atom is -0.457 e. The van der Waals surface area contributed by atoms with E-state index < -0.39 is 5.41 Å². The highest BCUT2D eigenvalue weighted by molar-refractivity contribution is 9.10. The van der Waals surface area contributed by atoms with E-state index in [1.54, 1.807) is 0 Å². The number of aryl methyl sites for hydroxylation is 3. The second-order valence-corrected chi connectivity index (χ2v) is 10.8. The van der Waals surface area contributed by atoms with Gasteiger partial charge < -0.3 is 4.74 Å². The Kier molecular flexibility index (Phi) is 4.94. The summed E-state index contributed by atoms with van der Waals surface area (Å²) in [4.78, 5) is 0. The Morgan fingerprint density at radius 3 is 2.00 bits per heavy atom. The fourth-order valence-corrected chi connectivity index (χ4v) is 6.35. The predicted molar refractivity (Wildman–Crippen MR) is 150 cm³/mol. The first-order chi connectivity index (χ1) is 17.6. The van der Waals surface area contributed by atoms with Crippen LogP contribution >= 0.6 is 15.9 Å². The zero-order chi connectivity index (χ0) is 24.3. The number of fused-ring (bicyclic) bond motifs is 4. The molecule has 0 spiro atoms. The largest absolute Gasteiger partial charge is 0.457 e. The Morgan fingerprint density at radius 2 is 1.28 bits per heavy atom. The summed E-state index contributed by atoms with van der Waals surface area (Å²) in [6.45, 7) is 2.15. The van der Waals surface area contributed by atoms with E-state index in [2.05, 4.69) is 132 Å². The lowest BCUT2D eigenvalue weighted by atomic mass is 9.67. The first-order valence-corrected chi connectivity index (χ1v) is 13.3. The molecule has 0 heterocycles. The third-order valence-corrected chi connectivity index (χ3v) is 8.35. The van der Waals surface area contributed by atoms with Crippen molar-refractivity contribution in [2.24, 2.45) is 0 Å². The van der Waals surface area contributed by atoms with Crippen molar-refractivity contribution in [1.29, 1.82) is 0 Å². The van der Waals surface area contributed by atoms with Crippen molar-refractivity contribution in [2.45, 2.75) is 25.2 Å². The van der Waals surface area contributed by atoms with Crippen molar-refractivity contribution in [2.75, 3.05) is 0 Å². The number of benzene rings is 5. The molecule has 5 aromatic carbocycles. The van der Waals surface area contributed by atoms with Crippen LogP contribution in [0.5, 0.6) is 11.5 Å². The van der Waals surface area contributed by atoms with Gasteiger partial charge in [-0.15, -0.1) is 0 Å². The number of rotatable bonds is 4. The highest BCUT2D eigenvalue weighted by Crippen LogP contribution is 2.56. The van der Waals surface area contributed by atoms with Crippen LogP contribution in [-0.4, -0.2) is 0 Å². The predicted octanol–water partition coefficient (Wildman–Crippen LogP) is 9.01. The molecule has 0 saturated heterocycles. The summed E-state index contributed by atoms with van der Waals surface area (Å²) in [6.07, 6.45) is 2.34. The maximum absolute atomic E-state index is 6.27. The van der Waals surface area contributed by atoms with Gasteiger partial charge in [0, 0.05) is 4.47 Å². The van der Waals surface area contributed by atoms with E-state index >= 15 is 0 Å². The van der Waals surface area contributed by atoms with Gasteiger partial charge in [0.05, 0.1) is 5.41 Å². The van der Waals surface area contributed by atoms with Gasteiger partial charge in [0.25, 0.3) is 0 Å². The first-order valence-electron chi connectivity index (χ1n) is 12.5. The SMILES string of the molecule is Cc1ccc(C2(c3ccc(Oc4ccc5c(c4)CC5)cc3)c3ccccc3-c3ccc(Br)cc32)cc1. The summed E-state index contributed by atoms with van der Waals surface area (Å²) in [6, 6.07) is 39.7. The smallest absolute Gasteiger partial charge is 0.127 e. The Balaban J connectivity index is 1.40. The van der Waals surface area contributed by atoms with Crippen LogP contribution in [0.1, 0.15) is 38.9 Å². The van der Waals surface area contributed by atoms with E-state index in [0.29, 0.717) is 0 Å². The van der Waals surface area contributed by atoms with E-state index in [-0.39, 0.29) is 0 Å². The van der Waals surface area contributed by atoms with Gasteiger partial charge in [0.1, 0.15) is 11.5 Å². The summed E-state index contributed by atoms with van der Waals surface area (Å²) < 4.78 is 7.36. The van der Waals surface area contributed by atoms with Crippen LogP contribution < -0.4 is 4.74 Å². The summed E-state index contributed by atoms with van der Waals surface area (Å²) in [5.74, 6) is 1.77. The van der Waals surface area contributed by atoms with Crippen LogP contribution in [0.15, 0.2) is 114 Å². The van der Waals surface area contributed by atoms with E-state index in [9.17, 15) is 0 Å². The summed E-state index contributed by atoms with van der Waals surface area (Å²) in [5.41, 5.74) is 11.4. The topological polar surface area (TPSA) is 9.23 Å². The van der Waals surface area contributed by atoms with Crippen LogP contribution in [0, 0.1) is 6.92 Å². The molecular formula is C34H25BrO. The molecule has 1 nitrogen and oxygen atoms in total. The molecule has 0 aromatic heterocycles. The fourth-order valence-electron chi connectivity index (χ4n) is 5.99. The monoisotopic (exact) mass is 528 g/mol. The van der Waals surface area contributed by atoms with Crippen molar-refractivity contribution in [3.8, 4) is 22.6 Å². The summed E-state index contributed by atoms with van der Waals surface area (Å²) >= 11 is 3.76. The van der Waals surface area contributed by atoms with E-state index in [1.165, 1.54) is 56.5 Å². The number of ether oxygens (including phenoxy) is 1. The highest BCUT2D eigenvalue weighted by atomic mass is 79.9. The molecule has 174 valence electrons. The lowest BCUT2D eigenvalue weighted by Crippen LogP contribution is -2.28. The molecule has 0 bridgehead atoms. The fraction of sp³-hybridized carbons (Fsp3) is 0.118. The average molecular weight is 529 g/mol. The molecule has 2 aliphatic carbocycles. The maximum atomic E-state index is 6.27. The zero-order valence-corrected chi connectivity index (χ0v) is 21.7. The molecule has 2 heteroatoms. The van der Waals surface area contributed by atoms with Gasteiger partial charge in [0.15, 0.2) is 0 Å². The second-order valence-electron chi connectivity index (χ2n) is 9.91. The Labute approximate surface area is 220 Å². The third-order valence-electron chi connectivity index (χ3n) is 7.86. The number of hydrogen-bond donors (Lipinski definition) is 0. The Morgan fingerprint density at radius 1 is 0.611 bits per heavy atom. The third kappa shape index (κ3) is 3.21. The van der Waals surface area contributed by atoms with E-state index in [0.717, 1.165) is 22.4 Å². The van der Waals surface area contributed by atoms with Gasteiger partial charge in [-0.2, -0.15) is 0 Å². The van der Waals surface area contributed by atoms with Gasteiger partial charge >= 0.3 is 0 Å². The van der Waals surface area contributed by atoms with E-state index in [1.807, 2.05) is 0 Å². The molecule has 0 amide bonds. The van der Waals surface area contributed by atoms with Crippen LogP contribution in [0.4, 0.5) is 0 Å². The molecule has 1 atom stereocenters. The van der Waals surface area contributed by atoms with Crippen LogP contribution in [0.2, 0.25) is 0 Å². The molecule has 1 unspecified atom stereocenters. The lowest BCUT2D eigenvalue weighted by Gasteiger charge is -2.34. The highest BCUT2D eigenvalue weighted by Gasteiger charge is 2.46. The van der Waals surface area contributed by atoms with Crippen LogP contribution in [0.25, 0.3) is 11.1 Å². The van der Waals surface area contributed by atoms with Gasteiger partial charge in [-0.3, -0.25) is 0 Å². The second kappa shape index (κ2) is 8.21. The molecule has 5 aromatic rings. The Hall–Kier alpha value is -3.62. The average Bonchev–Trinajstić information content (AvgIpc) is 3.17. The normalized spacial score (nSPS) is 17.1. The molecule has 36 heavy (non-hydrogen) atoms. The minimum atomic E-state index is -0.405. The maximum Gasteiger partial charge on any atom is 0.127 e. The Bertz CT molecular complexity index is 1610. The van der Waals surface area contributed by atoms with Crippen molar-refractivity contribution < 1.29 is 4.74 Å². The molecule has 0 saturated carbocycles. The van der Waals surface area contributed by atoms with Gasteiger partial charge in [-0.1, -0.05) is 94.3 Å². The van der Waals surface area contributed by atoms with Gasteiger partial charge in [-0.05, 0) is 101 Å². The van der Waals surface area contributed by atoms with Crippen molar-refractivity contribution >= 4 is 15.9 Å². The summed E-state index contributed by atoms with van der Waals surface area (Å²) in [5, 5.41) is 0. The standard InChI is InChI=1S/C34H25BrO/c1-22-6-11-25(12-7-22)34(32-5-3-2-4-30(32)31-19-15-27(35)21-33(31)34)26-13-17-28(18-14-26)36-29-16-10-23-8-9-24(23)20-29/h2-7,10-21H,8-9H2,1H3. The molecule has 2 aliphatic rings. The summed E-state index contributed by atoms with van der Waals surface area (Å²) in [7, 11) is 0. The quantitative estimate of drug-likeness (QED) is 0.221. The minimum absolute atomic E-state index is 0.405. The van der Waals surface area contributed by atoms with Crippen molar-refractivity contribution in [3.05, 3.63) is 153 Å². The number of hydrogen-bond acceptors (Lipinski definition) is 1. The van der Waals surface area contributed by atoms with Crippen LogP contribution in [-0.2, 0) is 18.3 Å². The molecular weight excluding hydrogens is 504 g/mol. The van der Waals surface area contributed by atoms with Crippen molar-refractivity contribution in [3.63, 3.8) is 0 Å². The van der Waals surface area contributed by atoms with Gasteiger partial charge in [-0.25, -0.2) is 0 Å². The van der Waals surface area contributed by atoms with Crippen LogP contribution in [0.3, 0.4) is 0 Å². The molecule has 0 radical (unpaired) electrons. The zero-order valence-electron chi connectivity index (χ0n) is 20.1. The van der Waals surface area contributed by atoms with E-state index in [4.69, 9.17) is 4.74 Å². The first kappa shape index (κ1) is 21.6. The molecule has 7 rings (SSSR count). The lowest BCUT2D eigenvalue weighted by molar-refractivity contribution is 0.480. The molecule has 0 fully saturated rings. The van der Waals surface area contributed by atoms with Crippen molar-refractivity contribution in [1.82, 2.24) is 0 Å². The number of halogens is 1. The van der Waals surface area contributed by atoms with Gasteiger partial charge in [0.2, 0.25) is 0 Å². The molecule has 0 aliphatic heterocycles. The molecule has 0 N–H and O–H groups in total.